The molecule has 0 spiro atoms. The predicted octanol–water partition coefficient (Wildman–Crippen LogP) is 4.28. The topological polar surface area (TPSA) is 66.5 Å². The average Bonchev–Trinajstić information content (AvgIpc) is 2.68. The maximum Gasteiger partial charge on any atom is 0.248 e. The number of hydrogen-bond donors (Lipinski definition) is 1. The molecule has 1 heterocycles. The van der Waals surface area contributed by atoms with Crippen LogP contribution in [0.25, 0.3) is 6.08 Å². The number of anilines is 1. The average molecular weight is 449 g/mol. The van der Waals surface area contributed by atoms with Crippen LogP contribution in [0.1, 0.15) is 24.8 Å². The minimum absolute atomic E-state index is 0.257. The summed E-state index contributed by atoms with van der Waals surface area (Å²) in [5.74, 6) is -0.276. The van der Waals surface area contributed by atoms with Gasteiger partial charge < -0.3 is 5.32 Å². The first-order valence-electron chi connectivity index (χ1n) is 8.80. The predicted molar refractivity (Wildman–Crippen MR) is 111 cm³/mol. The van der Waals surface area contributed by atoms with Gasteiger partial charge in [-0.05, 0) is 60.9 Å². The van der Waals surface area contributed by atoms with Gasteiger partial charge in [0.15, 0.2) is 0 Å². The Kier molecular flexibility index (Phi) is 6.46. The summed E-state index contributed by atoms with van der Waals surface area (Å²) in [6.45, 7) is 1.14. The smallest absolute Gasteiger partial charge is 0.248 e. The van der Waals surface area contributed by atoms with Crippen molar-refractivity contribution in [1.29, 1.82) is 0 Å². The van der Waals surface area contributed by atoms with Gasteiger partial charge in [-0.1, -0.05) is 34.5 Å². The van der Waals surface area contributed by atoms with Crippen LogP contribution >= 0.6 is 15.9 Å². The molecule has 1 fully saturated rings. The Bertz CT molecular complexity index is 934. The van der Waals surface area contributed by atoms with Crippen LogP contribution in [0.5, 0.6) is 0 Å². The van der Waals surface area contributed by atoms with Crippen molar-refractivity contribution in [3.05, 3.63) is 64.6 Å². The van der Waals surface area contributed by atoms with Gasteiger partial charge in [0.1, 0.15) is 0 Å². The van der Waals surface area contributed by atoms with Crippen LogP contribution in [0.4, 0.5) is 5.69 Å². The molecule has 1 saturated heterocycles. The highest BCUT2D eigenvalue weighted by atomic mass is 79.9. The Hall–Kier alpha value is -1.96. The standard InChI is InChI=1S/C20H21BrN2O3S/c21-17-6-4-5-16(15-17)7-12-20(24)22-18-8-10-19(11-9-18)27(25,26)23-13-2-1-3-14-23/h4-12,15H,1-3,13-14H2,(H,22,24). The van der Waals surface area contributed by atoms with E-state index in [0.29, 0.717) is 18.8 Å². The van der Waals surface area contributed by atoms with Gasteiger partial charge in [-0.2, -0.15) is 4.31 Å². The third-order valence-corrected chi connectivity index (χ3v) is 6.76. The molecule has 142 valence electrons. The molecule has 0 unspecified atom stereocenters. The molecule has 1 N–H and O–H groups in total. The monoisotopic (exact) mass is 448 g/mol. The molecule has 0 saturated carbocycles. The van der Waals surface area contributed by atoms with Gasteiger partial charge >= 0.3 is 0 Å². The number of sulfonamides is 1. The Morgan fingerprint density at radius 2 is 1.74 bits per heavy atom. The second kappa shape index (κ2) is 8.82. The zero-order chi connectivity index (χ0) is 19.3. The summed E-state index contributed by atoms with van der Waals surface area (Å²) in [5.41, 5.74) is 1.46. The zero-order valence-electron chi connectivity index (χ0n) is 14.8. The maximum atomic E-state index is 12.6. The molecule has 0 atom stereocenters. The van der Waals surface area contributed by atoms with Gasteiger partial charge in [0.25, 0.3) is 0 Å². The van der Waals surface area contributed by atoms with E-state index in [1.165, 1.54) is 22.5 Å². The van der Waals surface area contributed by atoms with Gasteiger partial charge in [-0.25, -0.2) is 8.42 Å². The summed E-state index contributed by atoms with van der Waals surface area (Å²) < 4.78 is 27.7. The van der Waals surface area contributed by atoms with Crippen molar-refractivity contribution in [3.8, 4) is 0 Å². The highest BCUT2D eigenvalue weighted by molar-refractivity contribution is 9.10. The molecule has 3 rings (SSSR count). The number of hydrogen-bond acceptors (Lipinski definition) is 3. The number of nitrogens with one attached hydrogen (secondary N) is 1. The van der Waals surface area contributed by atoms with Crippen LogP contribution in [0, 0.1) is 0 Å². The molecule has 0 aliphatic carbocycles. The SMILES string of the molecule is O=C(C=Cc1cccc(Br)c1)Nc1ccc(S(=O)(=O)N2CCCCC2)cc1. The second-order valence-corrected chi connectivity index (χ2v) is 9.22. The molecule has 2 aromatic rings. The highest BCUT2D eigenvalue weighted by Gasteiger charge is 2.25. The van der Waals surface area contributed by atoms with Crippen molar-refractivity contribution in [3.63, 3.8) is 0 Å². The van der Waals surface area contributed by atoms with Crippen molar-refractivity contribution in [2.45, 2.75) is 24.2 Å². The van der Waals surface area contributed by atoms with Crippen LogP contribution in [0.15, 0.2) is 64.0 Å². The number of rotatable bonds is 5. The Balaban J connectivity index is 1.64. The van der Waals surface area contributed by atoms with Crippen molar-refractivity contribution in [2.24, 2.45) is 0 Å². The van der Waals surface area contributed by atoms with Crippen LogP contribution in [-0.4, -0.2) is 31.7 Å². The Labute approximate surface area is 168 Å². The quantitative estimate of drug-likeness (QED) is 0.694. The lowest BCUT2D eigenvalue weighted by Gasteiger charge is -2.25. The molecular formula is C20H21BrN2O3S. The van der Waals surface area contributed by atoms with Crippen molar-refractivity contribution in [1.82, 2.24) is 4.31 Å². The number of piperidine rings is 1. The van der Waals surface area contributed by atoms with E-state index in [0.717, 1.165) is 29.3 Å². The van der Waals surface area contributed by atoms with Gasteiger partial charge in [0.05, 0.1) is 4.90 Å². The Morgan fingerprint density at radius 1 is 1.04 bits per heavy atom. The summed E-state index contributed by atoms with van der Waals surface area (Å²) in [7, 11) is -3.46. The number of carbonyl (C=O) groups excluding carboxylic acids is 1. The summed E-state index contributed by atoms with van der Waals surface area (Å²) >= 11 is 3.39. The third-order valence-electron chi connectivity index (χ3n) is 4.35. The molecular weight excluding hydrogens is 428 g/mol. The van der Waals surface area contributed by atoms with E-state index in [9.17, 15) is 13.2 Å². The van der Waals surface area contributed by atoms with Crippen molar-refractivity contribution in [2.75, 3.05) is 18.4 Å². The number of amides is 1. The van der Waals surface area contributed by atoms with Gasteiger partial charge in [0.2, 0.25) is 15.9 Å². The molecule has 1 aliphatic rings. The van der Waals surface area contributed by atoms with Gasteiger partial charge in [-0.15, -0.1) is 0 Å². The summed E-state index contributed by atoms with van der Waals surface area (Å²) in [4.78, 5) is 12.3. The second-order valence-electron chi connectivity index (χ2n) is 6.37. The fraction of sp³-hybridized carbons (Fsp3) is 0.250. The van der Waals surface area contributed by atoms with E-state index < -0.39 is 10.0 Å². The van der Waals surface area contributed by atoms with E-state index in [1.807, 2.05) is 24.3 Å². The zero-order valence-corrected chi connectivity index (χ0v) is 17.2. The normalized spacial score (nSPS) is 15.7. The lowest BCUT2D eigenvalue weighted by molar-refractivity contribution is -0.111. The number of benzene rings is 2. The fourth-order valence-electron chi connectivity index (χ4n) is 2.93. The lowest BCUT2D eigenvalue weighted by Crippen LogP contribution is -2.35. The van der Waals surface area contributed by atoms with E-state index in [4.69, 9.17) is 0 Å². The molecule has 0 radical (unpaired) electrons. The first-order valence-corrected chi connectivity index (χ1v) is 11.0. The largest absolute Gasteiger partial charge is 0.323 e. The molecule has 0 aromatic heterocycles. The summed E-state index contributed by atoms with van der Waals surface area (Å²) in [6.07, 6.45) is 6.04. The molecule has 5 nitrogen and oxygen atoms in total. The van der Waals surface area contributed by atoms with Crippen LogP contribution in [-0.2, 0) is 14.8 Å². The van der Waals surface area contributed by atoms with E-state index in [-0.39, 0.29) is 10.8 Å². The minimum Gasteiger partial charge on any atom is -0.323 e. The highest BCUT2D eigenvalue weighted by Crippen LogP contribution is 2.22. The number of halogens is 1. The molecule has 27 heavy (non-hydrogen) atoms. The first-order chi connectivity index (χ1) is 12.9. The first kappa shape index (κ1) is 19.8. The summed E-state index contributed by atoms with van der Waals surface area (Å²) in [5, 5.41) is 2.74. The third kappa shape index (κ3) is 5.28. The molecule has 2 aromatic carbocycles. The van der Waals surface area contributed by atoms with Crippen LogP contribution in [0.3, 0.4) is 0 Å². The fourth-order valence-corrected chi connectivity index (χ4v) is 4.86. The molecule has 0 bridgehead atoms. The van der Waals surface area contributed by atoms with Crippen molar-refractivity contribution < 1.29 is 13.2 Å². The van der Waals surface area contributed by atoms with Crippen LogP contribution < -0.4 is 5.32 Å². The minimum atomic E-state index is -3.46. The summed E-state index contributed by atoms with van der Waals surface area (Å²) in [6, 6.07) is 13.9. The molecule has 7 heteroatoms. The van der Waals surface area contributed by atoms with E-state index in [1.54, 1.807) is 18.2 Å². The molecule has 1 amide bonds. The number of nitrogens with zero attached hydrogens (tertiary/aromatic N) is 1. The maximum absolute atomic E-state index is 12.6. The van der Waals surface area contributed by atoms with Crippen LogP contribution in [0.2, 0.25) is 0 Å². The van der Waals surface area contributed by atoms with E-state index >= 15 is 0 Å². The Morgan fingerprint density at radius 3 is 2.41 bits per heavy atom. The molecule has 1 aliphatic heterocycles. The van der Waals surface area contributed by atoms with E-state index in [2.05, 4.69) is 21.2 Å². The van der Waals surface area contributed by atoms with Gasteiger partial charge in [-0.3, -0.25) is 4.79 Å². The number of carbonyl (C=O) groups is 1. The van der Waals surface area contributed by atoms with Gasteiger partial charge in [0, 0.05) is 29.3 Å². The van der Waals surface area contributed by atoms with Crippen molar-refractivity contribution >= 4 is 43.6 Å². The lowest BCUT2D eigenvalue weighted by atomic mass is 10.2.